The Morgan fingerprint density at radius 3 is 2.41 bits per heavy atom. The number of halogens is 2. The van der Waals surface area contributed by atoms with Crippen molar-refractivity contribution in [1.29, 1.82) is 0 Å². The van der Waals surface area contributed by atoms with Crippen molar-refractivity contribution in [3.63, 3.8) is 0 Å². The number of rotatable bonds is 10. The Morgan fingerprint density at radius 1 is 1.05 bits per heavy atom. The fourth-order valence-electron chi connectivity index (χ4n) is 2.14. The summed E-state index contributed by atoms with van der Waals surface area (Å²) in [7, 11) is 0. The van der Waals surface area contributed by atoms with Gasteiger partial charge < -0.3 is 5.32 Å². The maximum atomic E-state index is 11.7. The molecule has 0 heterocycles. The van der Waals surface area contributed by atoms with Crippen LogP contribution in [0.25, 0.3) is 6.08 Å². The zero-order chi connectivity index (χ0) is 16.2. The molecule has 22 heavy (non-hydrogen) atoms. The molecule has 1 rings (SSSR count). The molecule has 0 fully saturated rings. The van der Waals surface area contributed by atoms with Crippen LogP contribution < -0.4 is 5.32 Å². The van der Waals surface area contributed by atoms with Crippen molar-refractivity contribution in [3.05, 3.63) is 39.9 Å². The van der Waals surface area contributed by atoms with Crippen molar-refractivity contribution in [2.24, 2.45) is 0 Å². The molecule has 1 aromatic rings. The highest BCUT2D eigenvalue weighted by Crippen LogP contribution is 2.23. The minimum atomic E-state index is -0.0722. The van der Waals surface area contributed by atoms with E-state index in [2.05, 4.69) is 12.2 Å². The van der Waals surface area contributed by atoms with Crippen LogP contribution in [0.3, 0.4) is 0 Å². The van der Waals surface area contributed by atoms with E-state index in [9.17, 15) is 4.79 Å². The van der Waals surface area contributed by atoms with E-state index in [-0.39, 0.29) is 5.91 Å². The van der Waals surface area contributed by atoms with Crippen LogP contribution in [0.1, 0.15) is 57.4 Å². The van der Waals surface area contributed by atoms with Crippen LogP contribution >= 0.6 is 23.2 Å². The highest BCUT2D eigenvalue weighted by molar-refractivity contribution is 6.42. The first-order valence-electron chi connectivity index (χ1n) is 8.04. The van der Waals surface area contributed by atoms with Gasteiger partial charge in [0, 0.05) is 12.6 Å². The van der Waals surface area contributed by atoms with Crippen LogP contribution in [-0.4, -0.2) is 12.5 Å². The standard InChI is InChI=1S/C18H25Cl2NO/c1-2-3-4-5-6-7-8-13-21-18(22)12-10-15-9-11-16(19)17(20)14-15/h9-12,14H,2-8,13H2,1H3,(H,21,22)/b12-10+. The van der Waals surface area contributed by atoms with E-state index in [4.69, 9.17) is 23.2 Å². The minimum absolute atomic E-state index is 0.0722. The van der Waals surface area contributed by atoms with Crippen LogP contribution in [-0.2, 0) is 4.79 Å². The lowest BCUT2D eigenvalue weighted by molar-refractivity contribution is -0.116. The van der Waals surface area contributed by atoms with Gasteiger partial charge in [0.25, 0.3) is 0 Å². The quantitative estimate of drug-likeness (QED) is 0.418. The van der Waals surface area contributed by atoms with Gasteiger partial charge in [0.2, 0.25) is 5.91 Å². The third-order valence-corrected chi connectivity index (χ3v) is 4.19. The third kappa shape index (κ3) is 8.45. The largest absolute Gasteiger partial charge is 0.353 e. The molecular weight excluding hydrogens is 317 g/mol. The van der Waals surface area contributed by atoms with E-state index in [1.807, 2.05) is 6.07 Å². The number of hydrogen-bond donors (Lipinski definition) is 1. The van der Waals surface area contributed by atoms with E-state index in [0.717, 1.165) is 18.5 Å². The van der Waals surface area contributed by atoms with Gasteiger partial charge in [-0.25, -0.2) is 0 Å². The van der Waals surface area contributed by atoms with Crippen molar-refractivity contribution < 1.29 is 4.79 Å². The average Bonchev–Trinajstić information content (AvgIpc) is 2.51. The summed E-state index contributed by atoms with van der Waals surface area (Å²) < 4.78 is 0. The minimum Gasteiger partial charge on any atom is -0.353 e. The van der Waals surface area contributed by atoms with Crippen LogP contribution in [0.5, 0.6) is 0 Å². The average molecular weight is 342 g/mol. The summed E-state index contributed by atoms with van der Waals surface area (Å²) in [6.45, 7) is 2.96. The molecule has 4 heteroatoms. The van der Waals surface area contributed by atoms with Crippen molar-refractivity contribution >= 4 is 35.2 Å². The summed E-state index contributed by atoms with van der Waals surface area (Å²) in [4.78, 5) is 11.7. The highest BCUT2D eigenvalue weighted by Gasteiger charge is 1.98. The smallest absolute Gasteiger partial charge is 0.243 e. The molecule has 1 amide bonds. The van der Waals surface area contributed by atoms with Gasteiger partial charge in [0.15, 0.2) is 0 Å². The van der Waals surface area contributed by atoms with Gasteiger partial charge in [0.1, 0.15) is 0 Å². The number of nitrogens with one attached hydrogen (secondary N) is 1. The monoisotopic (exact) mass is 341 g/mol. The molecule has 122 valence electrons. The highest BCUT2D eigenvalue weighted by atomic mass is 35.5. The van der Waals surface area contributed by atoms with Crippen molar-refractivity contribution in [1.82, 2.24) is 5.32 Å². The molecular formula is C18H25Cl2NO. The summed E-state index contributed by atoms with van der Waals surface area (Å²) in [5, 5.41) is 3.90. The molecule has 0 aliphatic heterocycles. The van der Waals surface area contributed by atoms with Gasteiger partial charge >= 0.3 is 0 Å². The van der Waals surface area contributed by atoms with E-state index < -0.39 is 0 Å². The lowest BCUT2D eigenvalue weighted by atomic mass is 10.1. The number of carbonyl (C=O) groups excluding carboxylic acids is 1. The lowest BCUT2D eigenvalue weighted by Crippen LogP contribution is -2.21. The van der Waals surface area contributed by atoms with Gasteiger partial charge in [-0.1, -0.05) is 74.7 Å². The molecule has 0 aliphatic rings. The number of benzene rings is 1. The summed E-state index contributed by atoms with van der Waals surface area (Å²) in [5.41, 5.74) is 0.862. The van der Waals surface area contributed by atoms with Crippen LogP contribution in [0, 0.1) is 0 Å². The Balaban J connectivity index is 2.15. The number of amides is 1. The molecule has 1 aromatic carbocycles. The van der Waals surface area contributed by atoms with Crippen LogP contribution in [0.15, 0.2) is 24.3 Å². The molecule has 0 atom stereocenters. The Kier molecular flexibility index (Phi) is 10.0. The van der Waals surface area contributed by atoms with Gasteiger partial charge in [-0.2, -0.15) is 0 Å². The maximum Gasteiger partial charge on any atom is 0.243 e. The first-order chi connectivity index (χ1) is 10.6. The molecule has 0 bridgehead atoms. The second kappa shape index (κ2) is 11.6. The molecule has 1 N–H and O–H groups in total. The van der Waals surface area contributed by atoms with E-state index in [1.54, 1.807) is 18.2 Å². The Bertz CT molecular complexity index is 486. The fourth-order valence-corrected chi connectivity index (χ4v) is 2.45. The van der Waals surface area contributed by atoms with Crippen molar-refractivity contribution in [2.45, 2.75) is 51.9 Å². The fraction of sp³-hybridized carbons (Fsp3) is 0.500. The van der Waals surface area contributed by atoms with E-state index in [0.29, 0.717) is 10.0 Å². The first-order valence-corrected chi connectivity index (χ1v) is 8.80. The Hall–Kier alpha value is -0.990. The van der Waals surface area contributed by atoms with E-state index in [1.165, 1.54) is 44.6 Å². The van der Waals surface area contributed by atoms with Crippen molar-refractivity contribution in [3.8, 4) is 0 Å². The molecule has 0 aliphatic carbocycles. The second-order valence-electron chi connectivity index (χ2n) is 5.42. The predicted molar refractivity (Wildman–Crippen MR) is 96.5 cm³/mol. The molecule has 0 radical (unpaired) electrons. The molecule has 2 nitrogen and oxygen atoms in total. The zero-order valence-electron chi connectivity index (χ0n) is 13.2. The van der Waals surface area contributed by atoms with Gasteiger partial charge in [-0.05, 0) is 30.2 Å². The molecule has 0 saturated carbocycles. The summed E-state index contributed by atoms with van der Waals surface area (Å²) in [6.07, 6.45) is 12.0. The lowest BCUT2D eigenvalue weighted by Gasteiger charge is -2.03. The molecule has 0 saturated heterocycles. The van der Waals surface area contributed by atoms with E-state index >= 15 is 0 Å². The van der Waals surface area contributed by atoms with Crippen molar-refractivity contribution in [2.75, 3.05) is 6.54 Å². The van der Waals surface area contributed by atoms with Gasteiger partial charge in [-0.3, -0.25) is 4.79 Å². The predicted octanol–water partition coefficient (Wildman–Crippen LogP) is 5.87. The summed E-state index contributed by atoms with van der Waals surface area (Å²) in [6, 6.07) is 5.29. The maximum absolute atomic E-state index is 11.7. The molecule has 0 unspecified atom stereocenters. The Morgan fingerprint density at radius 2 is 1.73 bits per heavy atom. The van der Waals surface area contributed by atoms with Gasteiger partial charge in [-0.15, -0.1) is 0 Å². The zero-order valence-corrected chi connectivity index (χ0v) is 14.7. The summed E-state index contributed by atoms with van der Waals surface area (Å²) >= 11 is 11.8. The normalized spacial score (nSPS) is 11.0. The van der Waals surface area contributed by atoms with Gasteiger partial charge in [0.05, 0.1) is 10.0 Å². The first kappa shape index (κ1) is 19.1. The second-order valence-corrected chi connectivity index (χ2v) is 6.23. The SMILES string of the molecule is CCCCCCCCCNC(=O)/C=C/c1ccc(Cl)c(Cl)c1. The van der Waals surface area contributed by atoms with Crippen LogP contribution in [0.4, 0.5) is 0 Å². The number of unbranched alkanes of at least 4 members (excludes halogenated alkanes) is 6. The molecule has 0 spiro atoms. The Labute approximate surface area is 143 Å². The topological polar surface area (TPSA) is 29.1 Å². The summed E-state index contributed by atoms with van der Waals surface area (Å²) in [5.74, 6) is -0.0722. The number of carbonyl (C=O) groups is 1. The molecule has 0 aromatic heterocycles. The number of hydrogen-bond acceptors (Lipinski definition) is 1. The van der Waals surface area contributed by atoms with Crippen LogP contribution in [0.2, 0.25) is 10.0 Å². The third-order valence-electron chi connectivity index (χ3n) is 3.45.